The maximum Gasteiger partial charge on any atom is 0.189 e. The van der Waals surface area contributed by atoms with Crippen molar-refractivity contribution in [3.63, 3.8) is 0 Å². The number of rotatable bonds is 2. The number of fused-ring (bicyclic) bond motifs is 1. The van der Waals surface area contributed by atoms with E-state index < -0.39 is 0 Å². The quantitative estimate of drug-likeness (QED) is 0.727. The second-order valence-electron chi connectivity index (χ2n) is 5.54. The van der Waals surface area contributed by atoms with Gasteiger partial charge in [-0.25, -0.2) is 0 Å². The molecule has 3 rings (SSSR count). The highest BCUT2D eigenvalue weighted by molar-refractivity contribution is 5.80. The van der Waals surface area contributed by atoms with Crippen LogP contribution in [0, 0.1) is 0 Å². The first-order chi connectivity index (χ1) is 10.1. The smallest absolute Gasteiger partial charge is 0.189 e. The Morgan fingerprint density at radius 3 is 2.52 bits per heavy atom. The van der Waals surface area contributed by atoms with Gasteiger partial charge in [0.25, 0.3) is 0 Å². The summed E-state index contributed by atoms with van der Waals surface area (Å²) < 4.78 is 2.00. The van der Waals surface area contributed by atoms with Crippen molar-refractivity contribution >= 4 is 16.6 Å². The number of aromatic nitrogens is 1. The molecular formula is C18H18N2O. The van der Waals surface area contributed by atoms with Crippen LogP contribution in [0.2, 0.25) is 0 Å². The lowest BCUT2D eigenvalue weighted by Gasteiger charge is -2.14. The Hall–Kier alpha value is -2.55. The van der Waals surface area contributed by atoms with Gasteiger partial charge in [0.2, 0.25) is 0 Å². The predicted molar refractivity (Wildman–Crippen MR) is 88.0 cm³/mol. The molecule has 1 heterocycles. The number of nitrogen functional groups attached to an aromatic ring is 1. The van der Waals surface area contributed by atoms with Crippen molar-refractivity contribution in [2.24, 2.45) is 0 Å². The van der Waals surface area contributed by atoms with Crippen LogP contribution in [0.1, 0.15) is 25.3 Å². The third-order valence-electron chi connectivity index (χ3n) is 3.77. The van der Waals surface area contributed by atoms with Gasteiger partial charge in [0.05, 0.1) is 5.52 Å². The number of benzene rings is 2. The van der Waals surface area contributed by atoms with E-state index in [0.717, 1.165) is 22.5 Å². The molecule has 0 fully saturated rings. The Labute approximate surface area is 123 Å². The van der Waals surface area contributed by atoms with Crippen LogP contribution < -0.4 is 11.2 Å². The van der Waals surface area contributed by atoms with Gasteiger partial charge in [0.1, 0.15) is 0 Å². The van der Waals surface area contributed by atoms with Crippen LogP contribution in [0.15, 0.2) is 59.5 Å². The molecule has 2 N–H and O–H groups in total. The summed E-state index contributed by atoms with van der Waals surface area (Å²) in [6.07, 6.45) is 1.80. The highest BCUT2D eigenvalue weighted by Gasteiger charge is 2.08. The minimum absolute atomic E-state index is 0.0358. The Balaban J connectivity index is 2.24. The average molecular weight is 278 g/mol. The van der Waals surface area contributed by atoms with E-state index in [1.54, 1.807) is 12.3 Å². The van der Waals surface area contributed by atoms with Gasteiger partial charge in [0.15, 0.2) is 5.43 Å². The van der Waals surface area contributed by atoms with E-state index in [9.17, 15) is 4.79 Å². The van der Waals surface area contributed by atoms with Gasteiger partial charge in [-0.1, -0.05) is 32.0 Å². The summed E-state index contributed by atoms with van der Waals surface area (Å²) in [5.74, 6) is 0.393. The van der Waals surface area contributed by atoms with Gasteiger partial charge in [0, 0.05) is 29.0 Å². The van der Waals surface area contributed by atoms with Gasteiger partial charge in [-0.15, -0.1) is 0 Å². The molecule has 2 aromatic carbocycles. The fraction of sp³-hybridized carbons (Fsp3) is 0.167. The number of anilines is 1. The first-order valence-electron chi connectivity index (χ1n) is 7.08. The molecule has 0 aliphatic heterocycles. The van der Waals surface area contributed by atoms with Crippen molar-refractivity contribution in [1.29, 1.82) is 0 Å². The number of hydrogen-bond donors (Lipinski definition) is 1. The van der Waals surface area contributed by atoms with Crippen LogP contribution in [0.25, 0.3) is 16.6 Å². The van der Waals surface area contributed by atoms with Crippen LogP contribution in [-0.4, -0.2) is 4.57 Å². The molecule has 1 aromatic heterocycles. The summed E-state index contributed by atoms with van der Waals surface area (Å²) in [7, 11) is 0. The number of nitrogens with zero attached hydrogens (tertiary/aromatic N) is 1. The highest BCUT2D eigenvalue weighted by atomic mass is 16.1. The van der Waals surface area contributed by atoms with E-state index >= 15 is 0 Å². The highest BCUT2D eigenvalue weighted by Crippen LogP contribution is 2.25. The zero-order chi connectivity index (χ0) is 15.0. The number of nitrogens with two attached hydrogens (primary N) is 1. The third kappa shape index (κ3) is 2.31. The molecule has 0 spiro atoms. The van der Waals surface area contributed by atoms with Crippen LogP contribution in [0.5, 0.6) is 0 Å². The monoisotopic (exact) mass is 278 g/mol. The average Bonchev–Trinajstić information content (AvgIpc) is 2.47. The van der Waals surface area contributed by atoms with Crippen LogP contribution in [-0.2, 0) is 0 Å². The maximum atomic E-state index is 11.9. The topological polar surface area (TPSA) is 48.0 Å². The van der Waals surface area contributed by atoms with Crippen LogP contribution in [0.4, 0.5) is 5.69 Å². The van der Waals surface area contributed by atoms with Gasteiger partial charge >= 0.3 is 0 Å². The molecule has 0 saturated carbocycles. The summed E-state index contributed by atoms with van der Waals surface area (Å²) >= 11 is 0. The molecule has 0 bridgehead atoms. The second-order valence-corrected chi connectivity index (χ2v) is 5.54. The zero-order valence-electron chi connectivity index (χ0n) is 12.2. The van der Waals surface area contributed by atoms with E-state index in [4.69, 9.17) is 5.73 Å². The van der Waals surface area contributed by atoms with Crippen LogP contribution in [0.3, 0.4) is 0 Å². The van der Waals surface area contributed by atoms with Crippen LogP contribution >= 0.6 is 0 Å². The van der Waals surface area contributed by atoms with Gasteiger partial charge in [-0.2, -0.15) is 0 Å². The maximum absolute atomic E-state index is 11.9. The standard InChI is InChI=1S/C18H18N2O/c1-12(2)14-8-7-13(11-16(14)19)20-10-9-18(21)15-5-3-4-6-17(15)20/h3-12H,19H2,1-2H3. The lowest BCUT2D eigenvalue weighted by atomic mass is 10.0. The molecule has 0 aliphatic rings. The first kappa shape index (κ1) is 13.4. The molecule has 3 aromatic rings. The number of pyridine rings is 1. The lowest BCUT2D eigenvalue weighted by molar-refractivity contribution is 0.869. The molecule has 0 aliphatic carbocycles. The lowest BCUT2D eigenvalue weighted by Crippen LogP contribution is -2.07. The van der Waals surface area contributed by atoms with E-state index in [0.29, 0.717) is 11.3 Å². The predicted octanol–water partition coefficient (Wildman–Crippen LogP) is 3.70. The van der Waals surface area contributed by atoms with E-state index in [1.165, 1.54) is 0 Å². The SMILES string of the molecule is CC(C)c1ccc(-n2ccc(=O)c3ccccc32)cc1N. The summed E-state index contributed by atoms with van der Waals surface area (Å²) in [6.45, 7) is 4.25. The molecule has 106 valence electrons. The second kappa shape index (κ2) is 5.09. The van der Waals surface area contributed by atoms with Gasteiger partial charge < -0.3 is 10.3 Å². The Bertz CT molecular complexity index is 862. The van der Waals surface area contributed by atoms with E-state index in [1.807, 2.05) is 41.0 Å². The van der Waals surface area contributed by atoms with Crippen molar-refractivity contribution in [1.82, 2.24) is 4.57 Å². The largest absolute Gasteiger partial charge is 0.398 e. The Kier molecular flexibility index (Phi) is 3.26. The molecule has 0 atom stereocenters. The van der Waals surface area contributed by atoms with Gasteiger partial charge in [-0.3, -0.25) is 4.79 Å². The van der Waals surface area contributed by atoms with Crippen molar-refractivity contribution in [3.05, 3.63) is 70.5 Å². The van der Waals surface area contributed by atoms with Crippen molar-refractivity contribution < 1.29 is 0 Å². The summed E-state index contributed by atoms with van der Waals surface area (Å²) in [5.41, 5.74) is 9.98. The Morgan fingerprint density at radius 2 is 1.81 bits per heavy atom. The number of para-hydroxylation sites is 1. The summed E-state index contributed by atoms with van der Waals surface area (Å²) in [6, 6.07) is 15.3. The van der Waals surface area contributed by atoms with E-state index in [-0.39, 0.29) is 5.43 Å². The number of hydrogen-bond acceptors (Lipinski definition) is 2. The van der Waals surface area contributed by atoms with Crippen molar-refractivity contribution in [3.8, 4) is 5.69 Å². The summed E-state index contributed by atoms with van der Waals surface area (Å²) in [4.78, 5) is 11.9. The fourth-order valence-electron chi connectivity index (χ4n) is 2.67. The van der Waals surface area contributed by atoms with Gasteiger partial charge in [-0.05, 0) is 35.7 Å². The third-order valence-corrected chi connectivity index (χ3v) is 3.77. The molecular weight excluding hydrogens is 260 g/mol. The fourth-order valence-corrected chi connectivity index (χ4v) is 2.67. The minimum Gasteiger partial charge on any atom is -0.398 e. The molecule has 3 nitrogen and oxygen atoms in total. The molecule has 0 amide bonds. The molecule has 0 radical (unpaired) electrons. The molecule has 3 heteroatoms. The van der Waals surface area contributed by atoms with Crippen molar-refractivity contribution in [2.75, 3.05) is 5.73 Å². The minimum atomic E-state index is 0.0358. The summed E-state index contributed by atoms with van der Waals surface area (Å²) in [5, 5.41) is 0.714. The van der Waals surface area contributed by atoms with Crippen molar-refractivity contribution in [2.45, 2.75) is 19.8 Å². The molecule has 0 saturated heterocycles. The first-order valence-corrected chi connectivity index (χ1v) is 7.08. The zero-order valence-corrected chi connectivity index (χ0v) is 12.2. The molecule has 21 heavy (non-hydrogen) atoms. The molecule has 0 unspecified atom stereocenters. The normalized spacial score (nSPS) is 11.2. The van der Waals surface area contributed by atoms with E-state index in [2.05, 4.69) is 19.9 Å². The Morgan fingerprint density at radius 1 is 1.05 bits per heavy atom.